The van der Waals surface area contributed by atoms with Crippen LogP contribution in [0.1, 0.15) is 77.8 Å². The summed E-state index contributed by atoms with van der Waals surface area (Å²) in [4.78, 5) is 4.79. The number of nitrogens with zero attached hydrogens (tertiary/aromatic N) is 2. The van der Waals surface area contributed by atoms with Gasteiger partial charge in [0.1, 0.15) is 0 Å². The molecule has 0 saturated carbocycles. The molecule has 0 unspecified atom stereocenters. The summed E-state index contributed by atoms with van der Waals surface area (Å²) < 4.78 is 0. The summed E-state index contributed by atoms with van der Waals surface area (Å²) in [6.07, 6.45) is 4.58. The molecule has 0 aliphatic heterocycles. The van der Waals surface area contributed by atoms with Crippen LogP contribution in [0, 0.1) is 20.8 Å². The third-order valence-electron chi connectivity index (χ3n) is 13.2. The van der Waals surface area contributed by atoms with Gasteiger partial charge in [0.15, 0.2) is 0 Å². The van der Waals surface area contributed by atoms with Crippen molar-refractivity contribution in [3.05, 3.63) is 226 Å². The van der Waals surface area contributed by atoms with Crippen molar-refractivity contribution in [3.63, 3.8) is 0 Å². The van der Waals surface area contributed by atoms with Gasteiger partial charge < -0.3 is 9.80 Å². The summed E-state index contributed by atoms with van der Waals surface area (Å²) in [5, 5.41) is 0. The first-order valence-corrected chi connectivity index (χ1v) is 21.6. The van der Waals surface area contributed by atoms with Gasteiger partial charge in [-0.3, -0.25) is 0 Å². The molecule has 2 aliphatic carbocycles. The fourth-order valence-corrected chi connectivity index (χ4v) is 10.1. The number of para-hydroxylation sites is 3. The van der Waals surface area contributed by atoms with Crippen LogP contribution in [0.25, 0.3) is 34.4 Å². The van der Waals surface area contributed by atoms with E-state index >= 15 is 0 Å². The Kier molecular flexibility index (Phi) is 9.22. The van der Waals surface area contributed by atoms with Crippen molar-refractivity contribution in [3.8, 4) is 22.3 Å². The van der Waals surface area contributed by atoms with Crippen LogP contribution in [0.5, 0.6) is 0 Å². The van der Waals surface area contributed by atoms with E-state index in [0.29, 0.717) is 0 Å². The highest BCUT2D eigenvalue weighted by atomic mass is 15.1. The van der Waals surface area contributed by atoms with Crippen molar-refractivity contribution < 1.29 is 0 Å². The Morgan fingerprint density at radius 3 is 1.23 bits per heavy atom. The molecule has 0 atom stereocenters. The van der Waals surface area contributed by atoms with Gasteiger partial charge in [-0.05, 0) is 160 Å². The van der Waals surface area contributed by atoms with E-state index in [9.17, 15) is 0 Å². The minimum Gasteiger partial charge on any atom is -0.310 e. The van der Waals surface area contributed by atoms with Gasteiger partial charge in [0.25, 0.3) is 0 Å². The monoisotopic (exact) mass is 788 g/mol. The summed E-state index contributed by atoms with van der Waals surface area (Å²) in [6, 6.07) is 65.0. The average molecular weight is 789 g/mol. The van der Waals surface area contributed by atoms with Crippen LogP contribution >= 0.6 is 0 Å². The van der Waals surface area contributed by atoms with Crippen LogP contribution in [-0.4, -0.2) is 0 Å². The molecular formula is C59H52N2. The number of fused-ring (bicyclic) bond motifs is 6. The zero-order valence-electron chi connectivity index (χ0n) is 36.3. The number of anilines is 6. The number of aryl methyl sites for hydroxylation is 3. The predicted molar refractivity (Wildman–Crippen MR) is 261 cm³/mol. The summed E-state index contributed by atoms with van der Waals surface area (Å²) >= 11 is 0. The second-order valence-electron chi connectivity index (χ2n) is 18.1. The van der Waals surface area contributed by atoms with E-state index in [1.54, 1.807) is 0 Å². The Labute approximate surface area is 362 Å². The lowest BCUT2D eigenvalue weighted by Gasteiger charge is -2.29. The molecule has 0 bridgehead atoms. The molecule has 61 heavy (non-hydrogen) atoms. The Hall–Kier alpha value is -6.90. The standard InChI is InChI=1S/C59H52N2/c1-39-32-40(2)34-48(33-39)61(57-21-15-14-16-41(57)3)47-27-31-52-50-29-25-43(36-54(50)59(6,7)56(52)38-47)23-22-42-24-28-49-51-30-26-46(37-55(51)58(4,5)53(49)35-42)60(44-17-10-8-11-18-44)45-19-12-9-13-20-45/h8-38H,1-7H3. The van der Waals surface area contributed by atoms with Crippen LogP contribution in [-0.2, 0) is 10.8 Å². The maximum absolute atomic E-state index is 2.43. The molecule has 2 nitrogen and oxygen atoms in total. The van der Waals surface area contributed by atoms with E-state index in [1.165, 1.54) is 95.1 Å². The lowest BCUT2D eigenvalue weighted by atomic mass is 9.81. The summed E-state index contributed by atoms with van der Waals surface area (Å²) in [5.41, 5.74) is 23.7. The van der Waals surface area contributed by atoms with E-state index in [-0.39, 0.29) is 10.8 Å². The van der Waals surface area contributed by atoms with Gasteiger partial charge in [0, 0.05) is 45.0 Å². The van der Waals surface area contributed by atoms with E-state index in [1.807, 2.05) is 0 Å². The van der Waals surface area contributed by atoms with E-state index in [4.69, 9.17) is 0 Å². The first kappa shape index (κ1) is 38.3. The number of hydrogen-bond acceptors (Lipinski definition) is 2. The second kappa shape index (κ2) is 14.7. The van der Waals surface area contributed by atoms with Crippen LogP contribution < -0.4 is 9.80 Å². The topological polar surface area (TPSA) is 6.48 Å². The van der Waals surface area contributed by atoms with Crippen molar-refractivity contribution in [1.82, 2.24) is 0 Å². The highest BCUT2D eigenvalue weighted by Gasteiger charge is 2.37. The molecule has 10 rings (SSSR count). The second-order valence-corrected chi connectivity index (χ2v) is 18.1. The maximum Gasteiger partial charge on any atom is 0.0490 e. The van der Waals surface area contributed by atoms with Crippen molar-refractivity contribution in [2.75, 3.05) is 9.80 Å². The molecule has 0 saturated heterocycles. The number of hydrogen-bond donors (Lipinski definition) is 0. The van der Waals surface area contributed by atoms with Gasteiger partial charge >= 0.3 is 0 Å². The highest BCUT2D eigenvalue weighted by molar-refractivity contribution is 5.89. The molecule has 0 amide bonds. The summed E-state index contributed by atoms with van der Waals surface area (Å²) in [5.74, 6) is 0. The fraction of sp³-hybridized carbons (Fsp3) is 0.153. The molecule has 0 radical (unpaired) electrons. The van der Waals surface area contributed by atoms with E-state index < -0.39 is 0 Å². The Bertz CT molecular complexity index is 2950. The van der Waals surface area contributed by atoms with Gasteiger partial charge in [-0.25, -0.2) is 0 Å². The Morgan fingerprint density at radius 2 is 0.754 bits per heavy atom. The Morgan fingerprint density at radius 1 is 0.344 bits per heavy atom. The molecular weight excluding hydrogens is 737 g/mol. The number of rotatable bonds is 8. The lowest BCUT2D eigenvalue weighted by Crippen LogP contribution is -2.17. The first-order chi connectivity index (χ1) is 29.5. The molecule has 0 spiro atoms. The van der Waals surface area contributed by atoms with Crippen molar-refractivity contribution >= 4 is 46.3 Å². The van der Waals surface area contributed by atoms with E-state index in [2.05, 4.69) is 246 Å². The molecule has 0 fully saturated rings. The van der Waals surface area contributed by atoms with Gasteiger partial charge in [0.2, 0.25) is 0 Å². The van der Waals surface area contributed by atoms with Gasteiger partial charge in [-0.15, -0.1) is 0 Å². The molecule has 0 heterocycles. The molecule has 0 aromatic heterocycles. The van der Waals surface area contributed by atoms with Crippen molar-refractivity contribution in [1.29, 1.82) is 0 Å². The Balaban J connectivity index is 0.949. The molecule has 8 aromatic rings. The van der Waals surface area contributed by atoms with Crippen molar-refractivity contribution in [2.24, 2.45) is 0 Å². The van der Waals surface area contributed by atoms with Gasteiger partial charge in [-0.2, -0.15) is 0 Å². The minimum atomic E-state index is -0.163. The van der Waals surface area contributed by atoms with Crippen LogP contribution in [0.15, 0.2) is 176 Å². The molecule has 2 aliphatic rings. The zero-order chi connectivity index (χ0) is 42.0. The lowest BCUT2D eigenvalue weighted by molar-refractivity contribution is 0.660. The first-order valence-electron chi connectivity index (χ1n) is 21.6. The predicted octanol–water partition coefficient (Wildman–Crippen LogP) is 16.3. The maximum atomic E-state index is 2.43. The third-order valence-corrected chi connectivity index (χ3v) is 13.2. The molecule has 8 aromatic carbocycles. The van der Waals surface area contributed by atoms with Crippen LogP contribution in [0.4, 0.5) is 34.1 Å². The van der Waals surface area contributed by atoms with Crippen LogP contribution in [0.3, 0.4) is 0 Å². The SMILES string of the molecule is Cc1cc(C)cc(N(c2ccc3c(c2)C(C)(C)c2cc(C=Cc4ccc5c(c4)C(C)(C)c4cc(N(c6ccccc6)c6ccccc6)ccc4-5)ccc2-3)c2ccccc2C)c1. The average Bonchev–Trinajstić information content (AvgIpc) is 3.62. The smallest absolute Gasteiger partial charge is 0.0490 e. The van der Waals surface area contributed by atoms with Crippen LogP contribution in [0.2, 0.25) is 0 Å². The summed E-state index contributed by atoms with van der Waals surface area (Å²) in [6.45, 7) is 16.1. The largest absolute Gasteiger partial charge is 0.310 e. The molecule has 298 valence electrons. The third kappa shape index (κ3) is 6.59. The minimum absolute atomic E-state index is 0.154. The quantitative estimate of drug-likeness (QED) is 0.142. The fourth-order valence-electron chi connectivity index (χ4n) is 10.1. The highest BCUT2D eigenvalue weighted by Crippen LogP contribution is 2.53. The summed E-state index contributed by atoms with van der Waals surface area (Å²) in [7, 11) is 0. The van der Waals surface area contributed by atoms with E-state index in [0.717, 1.165) is 11.4 Å². The normalized spacial score (nSPS) is 14.0. The number of benzene rings is 8. The van der Waals surface area contributed by atoms with Crippen molar-refractivity contribution in [2.45, 2.75) is 59.3 Å². The van der Waals surface area contributed by atoms with Gasteiger partial charge in [-0.1, -0.05) is 149 Å². The molecule has 0 N–H and O–H groups in total. The molecule has 2 heteroatoms. The van der Waals surface area contributed by atoms with Gasteiger partial charge in [0.05, 0.1) is 0 Å². The zero-order valence-corrected chi connectivity index (χ0v) is 36.3.